The van der Waals surface area contributed by atoms with Crippen molar-refractivity contribution in [1.29, 1.82) is 0 Å². The van der Waals surface area contributed by atoms with Gasteiger partial charge in [0.1, 0.15) is 12.4 Å². The van der Waals surface area contributed by atoms with Crippen molar-refractivity contribution in [2.75, 3.05) is 0 Å². The van der Waals surface area contributed by atoms with Crippen molar-refractivity contribution < 1.29 is 14.1 Å². The highest BCUT2D eigenvalue weighted by Crippen LogP contribution is 2.32. The lowest BCUT2D eigenvalue weighted by molar-refractivity contribution is 0.0974. The standard InChI is InChI=1S/C10H11BFNO3/c1-10(2)9-7(11(14)16-10)3-6(5-13-15)4-8(9)12/h3-4,14H,5H2,1-2H3. The van der Waals surface area contributed by atoms with Gasteiger partial charge in [0.2, 0.25) is 0 Å². The molecule has 0 saturated heterocycles. The molecule has 0 radical (unpaired) electrons. The lowest BCUT2D eigenvalue weighted by Crippen LogP contribution is -2.29. The summed E-state index contributed by atoms with van der Waals surface area (Å²) in [6, 6.07) is 2.81. The van der Waals surface area contributed by atoms with Crippen molar-refractivity contribution in [3.05, 3.63) is 34.0 Å². The number of benzene rings is 1. The van der Waals surface area contributed by atoms with Gasteiger partial charge in [-0.15, -0.1) is 0 Å². The van der Waals surface area contributed by atoms with Gasteiger partial charge in [0.05, 0.1) is 5.60 Å². The van der Waals surface area contributed by atoms with E-state index in [1.807, 2.05) is 0 Å². The van der Waals surface area contributed by atoms with Crippen LogP contribution in [0.5, 0.6) is 0 Å². The maximum atomic E-state index is 13.8. The number of nitrogens with zero attached hydrogens (tertiary/aromatic N) is 1. The third kappa shape index (κ3) is 1.64. The lowest BCUT2D eigenvalue weighted by Gasteiger charge is -2.20. The van der Waals surface area contributed by atoms with Crippen LogP contribution in [0.15, 0.2) is 17.3 Å². The van der Waals surface area contributed by atoms with Gasteiger partial charge >= 0.3 is 7.12 Å². The first-order valence-corrected chi connectivity index (χ1v) is 4.93. The molecule has 0 amide bonds. The van der Waals surface area contributed by atoms with Crippen molar-refractivity contribution in [3.63, 3.8) is 0 Å². The molecule has 4 nitrogen and oxygen atoms in total. The average molecular weight is 223 g/mol. The van der Waals surface area contributed by atoms with Gasteiger partial charge in [-0.25, -0.2) is 4.39 Å². The minimum atomic E-state index is -1.15. The predicted octanol–water partition coefficient (Wildman–Crippen LogP) is 1.04. The Morgan fingerprint density at radius 1 is 1.56 bits per heavy atom. The normalized spacial score (nSPS) is 17.4. The predicted molar refractivity (Wildman–Crippen MR) is 57.6 cm³/mol. The number of rotatable bonds is 2. The van der Waals surface area contributed by atoms with Gasteiger partial charge in [-0.05, 0) is 30.9 Å². The fourth-order valence-electron chi connectivity index (χ4n) is 2.08. The summed E-state index contributed by atoms with van der Waals surface area (Å²) < 4.78 is 19.0. The Labute approximate surface area is 92.5 Å². The third-order valence-electron chi connectivity index (χ3n) is 2.70. The van der Waals surface area contributed by atoms with E-state index in [0.29, 0.717) is 16.6 Å². The van der Waals surface area contributed by atoms with Gasteiger partial charge in [-0.1, -0.05) is 11.2 Å². The van der Waals surface area contributed by atoms with Crippen LogP contribution in [0.1, 0.15) is 25.0 Å². The van der Waals surface area contributed by atoms with Crippen molar-refractivity contribution in [2.45, 2.75) is 26.0 Å². The van der Waals surface area contributed by atoms with Crippen LogP contribution in [-0.2, 0) is 16.8 Å². The Morgan fingerprint density at radius 3 is 2.88 bits per heavy atom. The first-order chi connectivity index (χ1) is 7.45. The second-order valence-electron chi connectivity index (χ2n) is 4.31. The van der Waals surface area contributed by atoms with Gasteiger partial charge in [-0.2, -0.15) is 4.91 Å². The highest BCUT2D eigenvalue weighted by Gasteiger charge is 2.42. The number of nitroso groups, excluding NO2 is 1. The van der Waals surface area contributed by atoms with E-state index in [4.69, 9.17) is 4.65 Å². The van der Waals surface area contributed by atoms with E-state index in [1.54, 1.807) is 19.9 Å². The highest BCUT2D eigenvalue weighted by atomic mass is 19.1. The summed E-state index contributed by atoms with van der Waals surface area (Å²) in [5, 5.41) is 12.3. The summed E-state index contributed by atoms with van der Waals surface area (Å²) in [7, 11) is -1.15. The first-order valence-electron chi connectivity index (χ1n) is 4.93. The summed E-state index contributed by atoms with van der Waals surface area (Å²) >= 11 is 0. The van der Waals surface area contributed by atoms with E-state index in [-0.39, 0.29) is 6.54 Å². The Morgan fingerprint density at radius 2 is 2.25 bits per heavy atom. The molecule has 1 aromatic carbocycles. The fourth-order valence-corrected chi connectivity index (χ4v) is 2.08. The smallest absolute Gasteiger partial charge is 0.423 e. The summed E-state index contributed by atoms with van der Waals surface area (Å²) in [6.45, 7) is 3.25. The van der Waals surface area contributed by atoms with Crippen molar-refractivity contribution in [2.24, 2.45) is 5.18 Å². The molecule has 0 atom stereocenters. The van der Waals surface area contributed by atoms with Crippen LogP contribution in [0.4, 0.5) is 4.39 Å². The molecule has 0 unspecified atom stereocenters. The zero-order chi connectivity index (χ0) is 11.9. The maximum Gasteiger partial charge on any atom is 0.492 e. The number of fused-ring (bicyclic) bond motifs is 1. The molecule has 1 aliphatic heterocycles. The van der Waals surface area contributed by atoms with Gasteiger partial charge in [0.15, 0.2) is 0 Å². The molecule has 0 aromatic heterocycles. The SMILES string of the molecule is CC1(C)OB(O)c2cc(CN=O)cc(F)c21. The largest absolute Gasteiger partial charge is 0.492 e. The van der Waals surface area contributed by atoms with Gasteiger partial charge < -0.3 is 9.68 Å². The Bertz CT molecular complexity index is 450. The molecule has 0 saturated carbocycles. The van der Waals surface area contributed by atoms with E-state index < -0.39 is 18.5 Å². The molecule has 0 aliphatic carbocycles. The molecule has 0 spiro atoms. The molecule has 16 heavy (non-hydrogen) atoms. The summed E-state index contributed by atoms with van der Waals surface area (Å²) in [6.07, 6.45) is 0. The number of hydrogen-bond acceptors (Lipinski definition) is 4. The second-order valence-corrected chi connectivity index (χ2v) is 4.31. The monoisotopic (exact) mass is 223 g/mol. The summed E-state index contributed by atoms with van der Waals surface area (Å²) in [4.78, 5) is 10.1. The zero-order valence-corrected chi connectivity index (χ0v) is 9.03. The van der Waals surface area contributed by atoms with E-state index >= 15 is 0 Å². The van der Waals surface area contributed by atoms with E-state index in [0.717, 1.165) is 0 Å². The quantitative estimate of drug-likeness (QED) is 0.602. The van der Waals surface area contributed by atoms with Gasteiger partial charge in [-0.3, -0.25) is 0 Å². The van der Waals surface area contributed by atoms with Crippen LogP contribution in [-0.4, -0.2) is 12.1 Å². The van der Waals surface area contributed by atoms with Gasteiger partial charge in [0, 0.05) is 5.56 Å². The van der Waals surface area contributed by atoms with E-state index in [2.05, 4.69) is 5.18 Å². The highest BCUT2D eigenvalue weighted by molar-refractivity contribution is 6.62. The molecule has 0 fully saturated rings. The Balaban J connectivity index is 2.57. The van der Waals surface area contributed by atoms with E-state index in [9.17, 15) is 14.3 Å². The summed E-state index contributed by atoms with van der Waals surface area (Å²) in [5.74, 6) is -0.474. The van der Waals surface area contributed by atoms with Crippen LogP contribution >= 0.6 is 0 Å². The van der Waals surface area contributed by atoms with E-state index in [1.165, 1.54) is 6.07 Å². The molecule has 0 bridgehead atoms. The van der Waals surface area contributed by atoms with Crippen molar-refractivity contribution in [3.8, 4) is 0 Å². The van der Waals surface area contributed by atoms with Gasteiger partial charge in [0.25, 0.3) is 0 Å². The molecular formula is C10H11BFNO3. The molecule has 1 aromatic rings. The number of hydrogen-bond donors (Lipinski definition) is 1. The molecule has 1 heterocycles. The van der Waals surface area contributed by atoms with Crippen molar-refractivity contribution >= 4 is 12.6 Å². The lowest BCUT2D eigenvalue weighted by atomic mass is 9.77. The molecule has 84 valence electrons. The topological polar surface area (TPSA) is 58.9 Å². The van der Waals surface area contributed by atoms with Crippen LogP contribution in [0.3, 0.4) is 0 Å². The minimum absolute atomic E-state index is 0.114. The fraction of sp³-hybridized carbons (Fsp3) is 0.400. The molecular weight excluding hydrogens is 212 g/mol. The molecule has 1 aliphatic rings. The van der Waals surface area contributed by atoms with Crippen LogP contribution in [0.2, 0.25) is 0 Å². The third-order valence-corrected chi connectivity index (χ3v) is 2.70. The number of halogens is 1. The Kier molecular flexibility index (Phi) is 2.55. The molecule has 1 N–H and O–H groups in total. The Hall–Kier alpha value is -1.27. The average Bonchev–Trinajstić information content (AvgIpc) is 2.37. The van der Waals surface area contributed by atoms with Crippen LogP contribution in [0.25, 0.3) is 0 Å². The van der Waals surface area contributed by atoms with Crippen LogP contribution in [0, 0.1) is 10.7 Å². The summed E-state index contributed by atoms with van der Waals surface area (Å²) in [5.41, 5.74) is 0.302. The zero-order valence-electron chi connectivity index (χ0n) is 9.03. The molecule has 6 heteroatoms. The minimum Gasteiger partial charge on any atom is -0.423 e. The van der Waals surface area contributed by atoms with Crippen LogP contribution < -0.4 is 5.46 Å². The first kappa shape index (κ1) is 11.2. The molecule has 2 rings (SSSR count). The maximum absolute atomic E-state index is 13.8. The van der Waals surface area contributed by atoms with Crippen molar-refractivity contribution in [1.82, 2.24) is 0 Å². The second kappa shape index (κ2) is 3.64.